The Balaban J connectivity index is 1.31. The molecular formula is C17H19N7OS2. The van der Waals surface area contributed by atoms with E-state index in [1.807, 2.05) is 34.0 Å². The van der Waals surface area contributed by atoms with Gasteiger partial charge in [-0.2, -0.15) is 0 Å². The summed E-state index contributed by atoms with van der Waals surface area (Å²) in [5.74, 6) is 2.18. The van der Waals surface area contributed by atoms with Gasteiger partial charge < -0.3 is 14.4 Å². The van der Waals surface area contributed by atoms with Crippen LogP contribution < -0.4 is 4.90 Å². The van der Waals surface area contributed by atoms with Crippen molar-refractivity contribution in [3.8, 4) is 10.7 Å². The lowest BCUT2D eigenvalue weighted by atomic mass is 10.3. The number of aromatic nitrogens is 5. The van der Waals surface area contributed by atoms with Crippen LogP contribution in [0.15, 0.2) is 41.3 Å². The van der Waals surface area contributed by atoms with Crippen LogP contribution in [0.1, 0.15) is 0 Å². The first-order valence-corrected chi connectivity index (χ1v) is 10.4. The first kappa shape index (κ1) is 17.9. The molecule has 0 unspecified atom stereocenters. The standard InChI is InChI=1S/C17H19N7OS2/c1-22-16(13-3-2-10-26-13)20-21-17(22)27-12-15(25)24-8-6-23(7-9-24)14-11-18-4-5-19-14/h2-5,10-11H,6-9,12H2,1H3. The zero-order valence-corrected chi connectivity index (χ0v) is 16.5. The first-order valence-electron chi connectivity index (χ1n) is 8.57. The predicted molar refractivity (Wildman–Crippen MR) is 106 cm³/mol. The first-order chi connectivity index (χ1) is 13.2. The lowest BCUT2D eigenvalue weighted by Gasteiger charge is -2.35. The van der Waals surface area contributed by atoms with E-state index in [4.69, 9.17) is 0 Å². The average Bonchev–Trinajstić information content (AvgIpc) is 3.37. The third-order valence-corrected chi connectivity index (χ3v) is 6.28. The van der Waals surface area contributed by atoms with Crippen molar-refractivity contribution in [2.75, 3.05) is 36.8 Å². The molecule has 4 heterocycles. The highest BCUT2D eigenvalue weighted by atomic mass is 32.2. The van der Waals surface area contributed by atoms with Gasteiger partial charge in [0.25, 0.3) is 0 Å². The molecule has 1 fully saturated rings. The summed E-state index contributed by atoms with van der Waals surface area (Å²) in [6.45, 7) is 2.91. The Morgan fingerprint density at radius 2 is 2.07 bits per heavy atom. The minimum atomic E-state index is 0.125. The van der Waals surface area contributed by atoms with E-state index >= 15 is 0 Å². The van der Waals surface area contributed by atoms with Crippen LogP contribution in [0.2, 0.25) is 0 Å². The molecule has 1 aliphatic heterocycles. The van der Waals surface area contributed by atoms with Gasteiger partial charge in [0.2, 0.25) is 5.91 Å². The van der Waals surface area contributed by atoms with Crippen molar-refractivity contribution in [3.05, 3.63) is 36.1 Å². The van der Waals surface area contributed by atoms with Crippen molar-refractivity contribution in [3.63, 3.8) is 0 Å². The van der Waals surface area contributed by atoms with Crippen LogP contribution in [0.25, 0.3) is 10.7 Å². The van der Waals surface area contributed by atoms with Crippen molar-refractivity contribution in [2.24, 2.45) is 7.05 Å². The molecule has 1 amide bonds. The van der Waals surface area contributed by atoms with Crippen molar-refractivity contribution in [2.45, 2.75) is 5.16 Å². The van der Waals surface area contributed by atoms with Gasteiger partial charge in [0.15, 0.2) is 11.0 Å². The molecule has 140 valence electrons. The highest BCUT2D eigenvalue weighted by Gasteiger charge is 2.22. The highest BCUT2D eigenvalue weighted by Crippen LogP contribution is 2.26. The number of thioether (sulfide) groups is 1. The van der Waals surface area contributed by atoms with Gasteiger partial charge in [0, 0.05) is 45.6 Å². The number of hydrogen-bond acceptors (Lipinski definition) is 8. The molecule has 0 N–H and O–H groups in total. The topological polar surface area (TPSA) is 80.0 Å². The molecule has 0 saturated carbocycles. The van der Waals surface area contributed by atoms with E-state index in [-0.39, 0.29) is 5.91 Å². The largest absolute Gasteiger partial charge is 0.352 e. The number of thiophene rings is 1. The summed E-state index contributed by atoms with van der Waals surface area (Å²) < 4.78 is 1.94. The fourth-order valence-electron chi connectivity index (χ4n) is 2.92. The van der Waals surface area contributed by atoms with Crippen LogP contribution in [-0.2, 0) is 11.8 Å². The SMILES string of the molecule is Cn1c(SCC(=O)N2CCN(c3cnccn3)CC2)nnc1-c1cccs1. The number of rotatable bonds is 5. The van der Waals surface area contributed by atoms with E-state index in [1.165, 1.54) is 11.8 Å². The fraction of sp³-hybridized carbons (Fsp3) is 0.353. The van der Waals surface area contributed by atoms with Crippen molar-refractivity contribution in [1.29, 1.82) is 0 Å². The van der Waals surface area contributed by atoms with Gasteiger partial charge in [0.05, 0.1) is 16.8 Å². The smallest absolute Gasteiger partial charge is 0.233 e. The van der Waals surface area contributed by atoms with Crippen LogP contribution >= 0.6 is 23.1 Å². The maximum absolute atomic E-state index is 12.6. The predicted octanol–water partition coefficient (Wildman–Crippen LogP) is 1.77. The zero-order chi connectivity index (χ0) is 18.6. The lowest BCUT2D eigenvalue weighted by Crippen LogP contribution is -2.49. The van der Waals surface area contributed by atoms with Crippen LogP contribution in [0.4, 0.5) is 5.82 Å². The second-order valence-electron chi connectivity index (χ2n) is 6.06. The molecule has 1 saturated heterocycles. The third kappa shape index (κ3) is 3.96. The van der Waals surface area contributed by atoms with Gasteiger partial charge in [-0.1, -0.05) is 17.8 Å². The maximum atomic E-state index is 12.6. The highest BCUT2D eigenvalue weighted by molar-refractivity contribution is 7.99. The summed E-state index contributed by atoms with van der Waals surface area (Å²) in [5, 5.41) is 11.2. The minimum absolute atomic E-state index is 0.125. The molecule has 8 nitrogen and oxygen atoms in total. The summed E-state index contributed by atoms with van der Waals surface area (Å²) in [5.41, 5.74) is 0. The Hall–Kier alpha value is -2.46. The van der Waals surface area contributed by atoms with Gasteiger partial charge >= 0.3 is 0 Å². The summed E-state index contributed by atoms with van der Waals surface area (Å²) in [7, 11) is 1.93. The lowest BCUT2D eigenvalue weighted by molar-refractivity contribution is -0.128. The molecule has 1 aliphatic rings. The quantitative estimate of drug-likeness (QED) is 0.603. The molecular weight excluding hydrogens is 382 g/mol. The van der Waals surface area contributed by atoms with Crippen molar-refractivity contribution < 1.29 is 4.79 Å². The number of carbonyl (C=O) groups is 1. The third-order valence-electron chi connectivity index (χ3n) is 4.41. The molecule has 0 aliphatic carbocycles. The van der Waals surface area contributed by atoms with E-state index in [9.17, 15) is 4.79 Å². The van der Waals surface area contributed by atoms with E-state index in [0.29, 0.717) is 18.8 Å². The Morgan fingerprint density at radius 1 is 1.22 bits per heavy atom. The van der Waals surface area contributed by atoms with Gasteiger partial charge in [0.1, 0.15) is 5.82 Å². The second-order valence-corrected chi connectivity index (χ2v) is 7.95. The van der Waals surface area contributed by atoms with Crippen LogP contribution in [-0.4, -0.2) is 67.5 Å². The Morgan fingerprint density at radius 3 is 2.78 bits per heavy atom. The van der Waals surface area contributed by atoms with E-state index < -0.39 is 0 Å². The van der Waals surface area contributed by atoms with Gasteiger partial charge in [-0.25, -0.2) is 4.98 Å². The molecule has 27 heavy (non-hydrogen) atoms. The molecule has 10 heteroatoms. The van der Waals surface area contributed by atoms with Crippen molar-refractivity contribution in [1.82, 2.24) is 29.6 Å². The molecule has 0 radical (unpaired) electrons. The monoisotopic (exact) mass is 401 g/mol. The van der Waals surface area contributed by atoms with Crippen molar-refractivity contribution >= 4 is 34.8 Å². The van der Waals surface area contributed by atoms with Gasteiger partial charge in [-0.05, 0) is 11.4 Å². The number of amides is 1. The van der Waals surface area contributed by atoms with Crippen LogP contribution in [0.3, 0.4) is 0 Å². The molecule has 0 spiro atoms. The zero-order valence-electron chi connectivity index (χ0n) is 14.9. The number of anilines is 1. The summed E-state index contributed by atoms with van der Waals surface area (Å²) in [4.78, 5) is 26.1. The van der Waals surface area contributed by atoms with Crippen LogP contribution in [0.5, 0.6) is 0 Å². The maximum Gasteiger partial charge on any atom is 0.233 e. The van der Waals surface area contributed by atoms with E-state index in [0.717, 1.165) is 34.8 Å². The molecule has 0 bridgehead atoms. The summed E-state index contributed by atoms with van der Waals surface area (Å²) in [6, 6.07) is 4.01. The number of nitrogens with zero attached hydrogens (tertiary/aromatic N) is 7. The van der Waals surface area contributed by atoms with E-state index in [2.05, 4.69) is 25.1 Å². The normalized spacial score (nSPS) is 14.6. The summed E-state index contributed by atoms with van der Waals surface area (Å²) in [6.07, 6.45) is 5.11. The van der Waals surface area contributed by atoms with Gasteiger partial charge in [-0.15, -0.1) is 21.5 Å². The molecule has 3 aromatic heterocycles. The Kier molecular flexibility index (Phi) is 5.35. The molecule has 0 atom stereocenters. The average molecular weight is 402 g/mol. The van der Waals surface area contributed by atoms with E-state index in [1.54, 1.807) is 29.9 Å². The number of piperazine rings is 1. The molecule has 0 aromatic carbocycles. The Labute approximate surface area is 165 Å². The van der Waals surface area contributed by atoms with Crippen LogP contribution in [0, 0.1) is 0 Å². The minimum Gasteiger partial charge on any atom is -0.352 e. The Bertz CT molecular complexity index is 889. The summed E-state index contributed by atoms with van der Waals surface area (Å²) >= 11 is 3.06. The van der Waals surface area contributed by atoms with Gasteiger partial charge in [-0.3, -0.25) is 9.78 Å². The second kappa shape index (κ2) is 8.05. The number of hydrogen-bond donors (Lipinski definition) is 0. The molecule has 3 aromatic rings. The molecule has 4 rings (SSSR count). The number of carbonyl (C=O) groups excluding carboxylic acids is 1. The fourth-order valence-corrected chi connectivity index (χ4v) is 4.48.